The van der Waals surface area contributed by atoms with Crippen LogP contribution in [0.15, 0.2) is 97.1 Å². The quantitative estimate of drug-likeness (QED) is 0.223. The molecule has 4 aromatic carbocycles. The summed E-state index contributed by atoms with van der Waals surface area (Å²) in [7, 11) is 3.17. The summed E-state index contributed by atoms with van der Waals surface area (Å²) in [6.07, 6.45) is 0.293. The molecule has 2 N–H and O–H groups in total. The number of hydrogen-bond donors (Lipinski definition) is 2. The summed E-state index contributed by atoms with van der Waals surface area (Å²) in [6, 6.07) is 29.2. The van der Waals surface area contributed by atoms with Crippen molar-refractivity contribution in [2.24, 2.45) is 0 Å². The average molecular weight is 567 g/mol. The number of hydrogen-bond acceptors (Lipinski definition) is 5. The van der Waals surface area contributed by atoms with Gasteiger partial charge in [0.15, 0.2) is 0 Å². The Kier molecular flexibility index (Phi) is 10.3. The van der Waals surface area contributed by atoms with E-state index in [-0.39, 0.29) is 31.3 Å². The first-order chi connectivity index (χ1) is 20.4. The van der Waals surface area contributed by atoms with Crippen LogP contribution >= 0.6 is 0 Å². The van der Waals surface area contributed by atoms with Gasteiger partial charge in [-0.25, -0.2) is 0 Å². The number of aliphatic carboxylic acids is 1. The Balaban J connectivity index is 1.62. The van der Waals surface area contributed by atoms with Crippen LogP contribution in [-0.2, 0) is 17.8 Å². The van der Waals surface area contributed by atoms with E-state index >= 15 is 0 Å². The summed E-state index contributed by atoms with van der Waals surface area (Å²) < 4.78 is 10.9. The molecule has 0 aliphatic heterocycles. The Bertz CT molecular complexity index is 1550. The number of carboxylic acid groups (broad SMARTS) is 1. The van der Waals surface area contributed by atoms with Crippen LogP contribution in [0.1, 0.15) is 38.3 Å². The molecule has 4 aromatic rings. The summed E-state index contributed by atoms with van der Waals surface area (Å²) in [6.45, 7) is 0.601. The SMILES string of the molecule is COc1ccccc1CCN(CCC(=O)O)C(=O)c1ccccc1-c1ccccc1C(=O)NCc1ccccc1OC. The van der Waals surface area contributed by atoms with E-state index in [1.807, 2.05) is 60.7 Å². The maximum absolute atomic E-state index is 14.0. The number of carbonyl (C=O) groups is 3. The zero-order chi connectivity index (χ0) is 29.9. The first kappa shape index (κ1) is 29.9. The minimum absolute atomic E-state index is 0.0404. The van der Waals surface area contributed by atoms with Crippen LogP contribution in [0.25, 0.3) is 11.1 Å². The Hall–Kier alpha value is -5.11. The molecule has 0 fully saturated rings. The van der Waals surface area contributed by atoms with Crippen LogP contribution in [0, 0.1) is 0 Å². The molecule has 0 saturated carbocycles. The third-order valence-corrected chi connectivity index (χ3v) is 6.98. The molecule has 0 heterocycles. The van der Waals surface area contributed by atoms with E-state index in [4.69, 9.17) is 9.47 Å². The van der Waals surface area contributed by atoms with E-state index in [0.29, 0.717) is 46.7 Å². The normalized spacial score (nSPS) is 10.5. The summed E-state index contributed by atoms with van der Waals surface area (Å²) in [5.41, 5.74) is 3.74. The molecule has 4 rings (SSSR count). The maximum Gasteiger partial charge on any atom is 0.305 e. The lowest BCUT2D eigenvalue weighted by Gasteiger charge is -2.24. The molecule has 2 amide bonds. The lowest BCUT2D eigenvalue weighted by molar-refractivity contribution is -0.137. The summed E-state index contributed by atoms with van der Waals surface area (Å²) in [4.78, 5) is 40.4. The lowest BCUT2D eigenvalue weighted by atomic mass is 9.94. The highest BCUT2D eigenvalue weighted by molar-refractivity contribution is 6.06. The number of amides is 2. The smallest absolute Gasteiger partial charge is 0.305 e. The Morgan fingerprint density at radius 2 is 1.21 bits per heavy atom. The van der Waals surface area contributed by atoms with Crippen molar-refractivity contribution in [1.82, 2.24) is 10.2 Å². The van der Waals surface area contributed by atoms with Gasteiger partial charge in [-0.2, -0.15) is 0 Å². The van der Waals surface area contributed by atoms with Crippen molar-refractivity contribution in [3.8, 4) is 22.6 Å². The number of nitrogens with zero attached hydrogens (tertiary/aromatic N) is 1. The Labute approximate surface area is 245 Å². The van der Waals surface area contributed by atoms with Crippen LogP contribution in [-0.4, -0.2) is 55.1 Å². The number of nitrogens with one attached hydrogen (secondary N) is 1. The van der Waals surface area contributed by atoms with Crippen molar-refractivity contribution >= 4 is 17.8 Å². The number of benzene rings is 4. The first-order valence-electron chi connectivity index (χ1n) is 13.6. The van der Waals surface area contributed by atoms with E-state index in [0.717, 1.165) is 11.1 Å². The van der Waals surface area contributed by atoms with Crippen molar-refractivity contribution < 1.29 is 29.0 Å². The fraction of sp³-hybridized carbons (Fsp3) is 0.206. The molecule has 0 aliphatic rings. The second-order valence-corrected chi connectivity index (χ2v) is 9.58. The fourth-order valence-corrected chi connectivity index (χ4v) is 4.82. The first-order valence-corrected chi connectivity index (χ1v) is 13.6. The number of ether oxygens (including phenoxy) is 2. The highest BCUT2D eigenvalue weighted by Crippen LogP contribution is 2.29. The molecular weight excluding hydrogens is 532 g/mol. The molecule has 0 aromatic heterocycles. The molecular formula is C34H34N2O6. The van der Waals surface area contributed by atoms with Crippen LogP contribution in [0.4, 0.5) is 0 Å². The molecule has 42 heavy (non-hydrogen) atoms. The van der Waals surface area contributed by atoms with Gasteiger partial charge in [0.05, 0.1) is 20.6 Å². The van der Waals surface area contributed by atoms with E-state index in [1.54, 1.807) is 55.5 Å². The molecule has 8 heteroatoms. The molecule has 0 atom stereocenters. The Morgan fingerprint density at radius 1 is 0.690 bits per heavy atom. The lowest BCUT2D eigenvalue weighted by Crippen LogP contribution is -2.35. The highest BCUT2D eigenvalue weighted by atomic mass is 16.5. The maximum atomic E-state index is 14.0. The van der Waals surface area contributed by atoms with Crippen molar-refractivity contribution in [2.75, 3.05) is 27.3 Å². The van der Waals surface area contributed by atoms with Gasteiger partial charge >= 0.3 is 5.97 Å². The Morgan fingerprint density at radius 3 is 1.86 bits per heavy atom. The van der Waals surface area contributed by atoms with Crippen molar-refractivity contribution in [3.05, 3.63) is 119 Å². The summed E-state index contributed by atoms with van der Waals surface area (Å²) in [5, 5.41) is 12.3. The molecule has 0 bridgehead atoms. The zero-order valence-corrected chi connectivity index (χ0v) is 23.7. The number of rotatable bonds is 13. The predicted molar refractivity (Wildman–Crippen MR) is 161 cm³/mol. The van der Waals surface area contributed by atoms with Gasteiger partial charge in [0.25, 0.3) is 11.8 Å². The van der Waals surface area contributed by atoms with Gasteiger partial charge in [0.1, 0.15) is 11.5 Å². The molecule has 216 valence electrons. The van der Waals surface area contributed by atoms with Gasteiger partial charge in [0, 0.05) is 36.3 Å². The van der Waals surface area contributed by atoms with Gasteiger partial charge in [-0.3, -0.25) is 14.4 Å². The topological polar surface area (TPSA) is 105 Å². The minimum atomic E-state index is -0.990. The van der Waals surface area contributed by atoms with Crippen LogP contribution in [0.2, 0.25) is 0 Å². The molecule has 0 aliphatic carbocycles. The van der Waals surface area contributed by atoms with Gasteiger partial charge in [-0.15, -0.1) is 0 Å². The molecule has 8 nitrogen and oxygen atoms in total. The standard InChI is InChI=1S/C34H34N2O6/c1-41-30-17-9-3-11-24(30)19-21-36(22-20-32(37)38)34(40)29-16-8-6-14-27(29)26-13-5-7-15-28(26)33(39)35-23-25-12-4-10-18-31(25)42-2/h3-18H,19-23H2,1-2H3,(H,35,39)(H,37,38). The highest BCUT2D eigenvalue weighted by Gasteiger charge is 2.23. The summed E-state index contributed by atoms with van der Waals surface area (Å²) in [5.74, 6) is -0.215. The third kappa shape index (κ3) is 7.34. The van der Waals surface area contributed by atoms with E-state index in [1.165, 1.54) is 0 Å². The van der Waals surface area contributed by atoms with Gasteiger partial charge < -0.3 is 24.8 Å². The van der Waals surface area contributed by atoms with Crippen LogP contribution in [0.3, 0.4) is 0 Å². The molecule has 0 radical (unpaired) electrons. The van der Waals surface area contributed by atoms with Gasteiger partial charge in [-0.05, 0) is 47.4 Å². The van der Waals surface area contributed by atoms with Crippen LogP contribution in [0.5, 0.6) is 11.5 Å². The number of para-hydroxylation sites is 2. The van der Waals surface area contributed by atoms with E-state index in [9.17, 15) is 19.5 Å². The number of carboxylic acids is 1. The van der Waals surface area contributed by atoms with Crippen LogP contribution < -0.4 is 14.8 Å². The largest absolute Gasteiger partial charge is 0.496 e. The van der Waals surface area contributed by atoms with E-state index < -0.39 is 5.97 Å². The number of carbonyl (C=O) groups excluding carboxylic acids is 2. The average Bonchev–Trinajstić information content (AvgIpc) is 3.03. The minimum Gasteiger partial charge on any atom is -0.496 e. The van der Waals surface area contributed by atoms with Crippen molar-refractivity contribution in [3.63, 3.8) is 0 Å². The van der Waals surface area contributed by atoms with Crippen molar-refractivity contribution in [1.29, 1.82) is 0 Å². The monoisotopic (exact) mass is 566 g/mol. The summed E-state index contributed by atoms with van der Waals surface area (Å²) >= 11 is 0. The molecule has 0 unspecified atom stereocenters. The van der Waals surface area contributed by atoms with Gasteiger partial charge in [-0.1, -0.05) is 72.8 Å². The second-order valence-electron chi connectivity index (χ2n) is 9.58. The van der Waals surface area contributed by atoms with Crippen molar-refractivity contribution in [2.45, 2.75) is 19.4 Å². The predicted octanol–water partition coefficient (Wildman–Crippen LogP) is 5.46. The molecule has 0 spiro atoms. The zero-order valence-electron chi connectivity index (χ0n) is 23.7. The number of methoxy groups -OCH3 is 2. The third-order valence-electron chi connectivity index (χ3n) is 6.98. The van der Waals surface area contributed by atoms with Gasteiger partial charge in [0.2, 0.25) is 0 Å². The second kappa shape index (κ2) is 14.5. The van der Waals surface area contributed by atoms with E-state index in [2.05, 4.69) is 5.32 Å². The fourth-order valence-electron chi connectivity index (χ4n) is 4.82. The molecule has 0 saturated heterocycles.